The number of hydrogen-bond donors (Lipinski definition) is 2. The Labute approximate surface area is 118 Å². The zero-order chi connectivity index (χ0) is 13.8. The van der Waals surface area contributed by atoms with Crippen LogP contribution in [-0.4, -0.2) is 16.2 Å². The maximum atomic E-state index is 10.9. The van der Waals surface area contributed by atoms with Crippen LogP contribution in [0.5, 0.6) is 11.5 Å². The van der Waals surface area contributed by atoms with Crippen LogP contribution >= 0.6 is 15.9 Å². The van der Waals surface area contributed by atoms with Gasteiger partial charge in [-0.3, -0.25) is 0 Å². The fourth-order valence-corrected chi connectivity index (χ4v) is 1.86. The molecule has 98 valence electrons. The Morgan fingerprint density at radius 2 is 1.84 bits per heavy atom. The molecular formula is C14H11BrO4. The van der Waals surface area contributed by atoms with Gasteiger partial charge in [-0.25, -0.2) is 4.79 Å². The summed E-state index contributed by atoms with van der Waals surface area (Å²) in [5.74, 6) is -0.340. The normalized spacial score (nSPS) is 10.2. The third kappa shape index (κ3) is 3.48. The maximum absolute atomic E-state index is 10.9. The van der Waals surface area contributed by atoms with Gasteiger partial charge >= 0.3 is 5.97 Å². The monoisotopic (exact) mass is 322 g/mol. The average Bonchev–Trinajstić information content (AvgIpc) is 2.39. The van der Waals surface area contributed by atoms with Crippen molar-refractivity contribution in [3.63, 3.8) is 0 Å². The lowest BCUT2D eigenvalue weighted by Crippen LogP contribution is -2.00. The van der Waals surface area contributed by atoms with Gasteiger partial charge in [-0.2, -0.15) is 0 Å². The molecule has 2 N–H and O–H groups in total. The highest BCUT2D eigenvalue weighted by molar-refractivity contribution is 9.10. The Bertz CT molecular complexity index is 593. The minimum atomic E-state index is -0.998. The largest absolute Gasteiger partial charge is 0.508 e. The summed E-state index contributed by atoms with van der Waals surface area (Å²) >= 11 is 3.31. The Balaban J connectivity index is 2.12. The minimum absolute atomic E-state index is 0.170. The summed E-state index contributed by atoms with van der Waals surface area (Å²) in [5, 5.41) is 18.1. The molecule has 0 amide bonds. The van der Waals surface area contributed by atoms with E-state index in [0.717, 1.165) is 5.56 Å². The number of hydrogen-bond acceptors (Lipinski definition) is 3. The van der Waals surface area contributed by atoms with Gasteiger partial charge in [0.1, 0.15) is 18.1 Å². The van der Waals surface area contributed by atoms with E-state index in [-0.39, 0.29) is 11.3 Å². The second-order valence-electron chi connectivity index (χ2n) is 3.91. The van der Waals surface area contributed by atoms with Crippen molar-refractivity contribution in [2.24, 2.45) is 0 Å². The molecular weight excluding hydrogens is 312 g/mol. The van der Waals surface area contributed by atoms with Gasteiger partial charge in [0.15, 0.2) is 0 Å². The highest BCUT2D eigenvalue weighted by atomic mass is 79.9. The summed E-state index contributed by atoms with van der Waals surface area (Å²) in [7, 11) is 0. The SMILES string of the molecule is O=C(O)c1ccc(Br)c(OCc2ccc(O)cc2)c1. The molecule has 0 aliphatic rings. The number of carboxylic acids is 1. The van der Waals surface area contributed by atoms with Gasteiger partial charge in [-0.15, -0.1) is 0 Å². The molecule has 2 aromatic carbocycles. The van der Waals surface area contributed by atoms with Crippen molar-refractivity contribution in [2.45, 2.75) is 6.61 Å². The van der Waals surface area contributed by atoms with Gasteiger partial charge in [0.25, 0.3) is 0 Å². The number of aromatic carboxylic acids is 1. The molecule has 0 bridgehead atoms. The van der Waals surface area contributed by atoms with Crippen LogP contribution in [0.3, 0.4) is 0 Å². The summed E-state index contributed by atoms with van der Waals surface area (Å²) in [6, 6.07) is 11.2. The van der Waals surface area contributed by atoms with Gasteiger partial charge in [0.05, 0.1) is 10.0 Å². The number of carbonyl (C=O) groups is 1. The molecule has 0 aliphatic heterocycles. The van der Waals surface area contributed by atoms with Crippen molar-refractivity contribution in [1.29, 1.82) is 0 Å². The zero-order valence-corrected chi connectivity index (χ0v) is 11.4. The summed E-state index contributed by atoms with van der Waals surface area (Å²) in [4.78, 5) is 10.9. The van der Waals surface area contributed by atoms with Gasteiger partial charge in [-0.1, -0.05) is 12.1 Å². The number of benzene rings is 2. The van der Waals surface area contributed by atoms with Crippen LogP contribution < -0.4 is 4.74 Å². The first-order chi connectivity index (χ1) is 9.06. The number of halogens is 1. The van der Waals surface area contributed by atoms with Crippen LogP contribution in [0.2, 0.25) is 0 Å². The van der Waals surface area contributed by atoms with Gasteiger partial charge in [0.2, 0.25) is 0 Å². The van der Waals surface area contributed by atoms with E-state index in [9.17, 15) is 4.79 Å². The Kier molecular flexibility index (Phi) is 4.06. The standard InChI is InChI=1S/C14H11BrO4/c15-12-6-3-10(14(17)18)7-13(12)19-8-9-1-4-11(16)5-2-9/h1-7,16H,8H2,(H,17,18). The maximum Gasteiger partial charge on any atom is 0.335 e. The number of phenols is 1. The summed E-state index contributed by atoms with van der Waals surface area (Å²) in [5.41, 5.74) is 1.05. The van der Waals surface area contributed by atoms with E-state index in [1.165, 1.54) is 12.1 Å². The molecule has 0 radical (unpaired) electrons. The number of aromatic hydroxyl groups is 1. The number of phenolic OH excluding ortho intramolecular Hbond substituents is 1. The summed E-state index contributed by atoms with van der Waals surface area (Å²) in [6.07, 6.45) is 0. The molecule has 0 unspecified atom stereocenters. The van der Waals surface area contributed by atoms with Crippen molar-refractivity contribution in [1.82, 2.24) is 0 Å². The Morgan fingerprint density at radius 3 is 2.47 bits per heavy atom. The van der Waals surface area contributed by atoms with Crippen LogP contribution in [0.15, 0.2) is 46.9 Å². The zero-order valence-electron chi connectivity index (χ0n) is 9.84. The van der Waals surface area contributed by atoms with E-state index in [0.29, 0.717) is 16.8 Å². The average molecular weight is 323 g/mol. The molecule has 0 saturated heterocycles. The van der Waals surface area contributed by atoms with Crippen molar-refractivity contribution < 1.29 is 19.7 Å². The topological polar surface area (TPSA) is 66.8 Å². The van der Waals surface area contributed by atoms with Crippen molar-refractivity contribution in [3.8, 4) is 11.5 Å². The Morgan fingerprint density at radius 1 is 1.16 bits per heavy atom. The first-order valence-corrected chi connectivity index (χ1v) is 6.29. The Hall–Kier alpha value is -2.01. The van der Waals surface area contributed by atoms with Crippen LogP contribution in [0.4, 0.5) is 0 Å². The predicted octanol–water partition coefficient (Wildman–Crippen LogP) is 3.43. The number of ether oxygens (including phenoxy) is 1. The van der Waals surface area contributed by atoms with Gasteiger partial charge < -0.3 is 14.9 Å². The molecule has 2 rings (SSSR count). The van der Waals surface area contributed by atoms with Crippen molar-refractivity contribution in [2.75, 3.05) is 0 Å². The molecule has 0 saturated carbocycles. The third-order valence-electron chi connectivity index (χ3n) is 2.51. The van der Waals surface area contributed by atoms with Gasteiger partial charge in [-0.05, 0) is 51.8 Å². The summed E-state index contributed by atoms with van der Waals surface area (Å²) in [6.45, 7) is 0.294. The summed E-state index contributed by atoms with van der Waals surface area (Å²) < 4.78 is 6.25. The molecule has 2 aromatic rings. The molecule has 0 aliphatic carbocycles. The number of rotatable bonds is 4. The minimum Gasteiger partial charge on any atom is -0.508 e. The van der Waals surface area contributed by atoms with Crippen LogP contribution in [0, 0.1) is 0 Å². The van der Waals surface area contributed by atoms with Crippen molar-refractivity contribution in [3.05, 3.63) is 58.1 Å². The van der Waals surface area contributed by atoms with E-state index >= 15 is 0 Å². The van der Waals surface area contributed by atoms with Crippen molar-refractivity contribution >= 4 is 21.9 Å². The van der Waals surface area contributed by atoms with E-state index in [1.807, 2.05) is 0 Å². The molecule has 0 aromatic heterocycles. The molecule has 0 fully saturated rings. The molecule has 4 nitrogen and oxygen atoms in total. The lowest BCUT2D eigenvalue weighted by atomic mass is 10.2. The second kappa shape index (κ2) is 5.75. The lowest BCUT2D eigenvalue weighted by Gasteiger charge is -2.09. The number of carboxylic acid groups (broad SMARTS) is 1. The van der Waals surface area contributed by atoms with E-state index in [1.54, 1.807) is 30.3 Å². The lowest BCUT2D eigenvalue weighted by molar-refractivity contribution is 0.0696. The van der Waals surface area contributed by atoms with Crippen LogP contribution in [-0.2, 0) is 6.61 Å². The van der Waals surface area contributed by atoms with Crippen LogP contribution in [0.1, 0.15) is 15.9 Å². The van der Waals surface area contributed by atoms with Gasteiger partial charge in [0, 0.05) is 0 Å². The first kappa shape index (κ1) is 13.4. The highest BCUT2D eigenvalue weighted by Crippen LogP contribution is 2.27. The predicted molar refractivity (Wildman–Crippen MR) is 73.5 cm³/mol. The molecule has 19 heavy (non-hydrogen) atoms. The molecule has 0 spiro atoms. The van der Waals surface area contributed by atoms with E-state index in [4.69, 9.17) is 14.9 Å². The van der Waals surface area contributed by atoms with Crippen LogP contribution in [0.25, 0.3) is 0 Å². The smallest absolute Gasteiger partial charge is 0.335 e. The fourth-order valence-electron chi connectivity index (χ4n) is 1.50. The molecule has 0 atom stereocenters. The van der Waals surface area contributed by atoms with E-state index < -0.39 is 5.97 Å². The quantitative estimate of drug-likeness (QED) is 0.905. The van der Waals surface area contributed by atoms with E-state index in [2.05, 4.69) is 15.9 Å². The molecule has 5 heteroatoms. The third-order valence-corrected chi connectivity index (χ3v) is 3.16. The fraction of sp³-hybridized carbons (Fsp3) is 0.0714. The second-order valence-corrected chi connectivity index (χ2v) is 4.76. The first-order valence-electron chi connectivity index (χ1n) is 5.50. The highest BCUT2D eigenvalue weighted by Gasteiger charge is 2.08. The molecule has 0 heterocycles.